The molecule has 1 amide bonds. The maximum Gasteiger partial charge on any atom is 0.250 e. The summed E-state index contributed by atoms with van der Waals surface area (Å²) in [5.74, 6) is -0.0328. The minimum atomic E-state index is -3.51. The van der Waals surface area contributed by atoms with E-state index in [1.54, 1.807) is 5.38 Å². The number of rotatable bonds is 4. The van der Waals surface area contributed by atoms with Gasteiger partial charge in [0.05, 0.1) is 0 Å². The van der Waals surface area contributed by atoms with Crippen molar-refractivity contribution in [1.29, 1.82) is 0 Å². The van der Waals surface area contributed by atoms with Crippen molar-refractivity contribution in [3.8, 4) is 0 Å². The summed E-state index contributed by atoms with van der Waals surface area (Å²) in [6, 6.07) is 1.30. The second-order valence-corrected chi connectivity index (χ2v) is 6.76. The third-order valence-electron chi connectivity index (χ3n) is 2.47. The third-order valence-corrected chi connectivity index (χ3v) is 5.35. The van der Waals surface area contributed by atoms with Crippen molar-refractivity contribution in [2.45, 2.75) is 23.1 Å². The van der Waals surface area contributed by atoms with Crippen LogP contribution in [0.15, 0.2) is 15.7 Å². The molecular formula is C9H13N3O3S2. The molecule has 0 aliphatic carbocycles. The van der Waals surface area contributed by atoms with Crippen LogP contribution in [0.3, 0.4) is 0 Å². The summed E-state index contributed by atoms with van der Waals surface area (Å²) < 4.78 is 26.3. The van der Waals surface area contributed by atoms with Crippen LogP contribution in [0.1, 0.15) is 12.8 Å². The molecule has 0 aromatic carbocycles. The lowest BCUT2D eigenvalue weighted by Crippen LogP contribution is -2.38. The normalized spacial score (nSPS) is 20.5. The van der Waals surface area contributed by atoms with Gasteiger partial charge in [0.25, 0.3) is 0 Å². The van der Waals surface area contributed by atoms with E-state index in [9.17, 15) is 13.2 Å². The van der Waals surface area contributed by atoms with Crippen molar-refractivity contribution in [3.63, 3.8) is 0 Å². The van der Waals surface area contributed by atoms with E-state index in [0.29, 0.717) is 18.5 Å². The second kappa shape index (κ2) is 4.63. The number of nitrogen functional groups attached to an aromatic ring is 1. The molecule has 6 nitrogen and oxygen atoms in total. The highest BCUT2D eigenvalue weighted by atomic mass is 32.2. The van der Waals surface area contributed by atoms with Crippen molar-refractivity contribution < 1.29 is 13.2 Å². The van der Waals surface area contributed by atoms with E-state index in [-0.39, 0.29) is 22.7 Å². The van der Waals surface area contributed by atoms with Crippen LogP contribution in [-0.4, -0.2) is 26.9 Å². The number of nitrogens with two attached hydrogens (primary N) is 1. The highest BCUT2D eigenvalue weighted by molar-refractivity contribution is 7.91. The Morgan fingerprint density at radius 2 is 2.35 bits per heavy atom. The summed E-state index contributed by atoms with van der Waals surface area (Å²) in [5.41, 5.74) is 5.91. The Balaban J connectivity index is 1.96. The van der Waals surface area contributed by atoms with E-state index in [1.165, 1.54) is 6.07 Å². The van der Waals surface area contributed by atoms with Gasteiger partial charge in [-0.15, -0.1) is 11.3 Å². The highest BCUT2D eigenvalue weighted by Crippen LogP contribution is 2.21. The summed E-state index contributed by atoms with van der Waals surface area (Å²) in [6.45, 7) is 0.214. The lowest BCUT2D eigenvalue weighted by Gasteiger charge is -2.10. The van der Waals surface area contributed by atoms with Gasteiger partial charge >= 0.3 is 0 Å². The van der Waals surface area contributed by atoms with Gasteiger partial charge in [0.1, 0.15) is 4.21 Å². The van der Waals surface area contributed by atoms with Crippen LogP contribution in [0.5, 0.6) is 0 Å². The molecule has 4 N–H and O–H groups in total. The van der Waals surface area contributed by atoms with E-state index < -0.39 is 10.0 Å². The van der Waals surface area contributed by atoms with Crippen molar-refractivity contribution in [1.82, 2.24) is 10.0 Å². The number of nitrogens with one attached hydrogen (secondary N) is 2. The minimum absolute atomic E-state index is 0.0328. The van der Waals surface area contributed by atoms with Crippen LogP contribution in [0.4, 0.5) is 5.69 Å². The molecule has 0 bridgehead atoms. The lowest BCUT2D eigenvalue weighted by atomic mass is 10.2. The molecule has 1 aliphatic rings. The number of carbonyl (C=O) groups excluding carboxylic acids is 1. The van der Waals surface area contributed by atoms with Gasteiger partial charge in [-0.1, -0.05) is 0 Å². The van der Waals surface area contributed by atoms with Gasteiger partial charge in [-0.2, -0.15) is 0 Å². The average Bonchev–Trinajstić information content (AvgIpc) is 2.85. The molecule has 1 aliphatic heterocycles. The summed E-state index contributed by atoms with van der Waals surface area (Å²) in [4.78, 5) is 10.9. The molecule has 1 fully saturated rings. The molecule has 1 aromatic rings. The summed E-state index contributed by atoms with van der Waals surface area (Å²) in [5, 5.41) is 4.27. The van der Waals surface area contributed by atoms with Gasteiger partial charge in [-0.25, -0.2) is 13.1 Å². The van der Waals surface area contributed by atoms with E-state index >= 15 is 0 Å². The molecule has 2 heterocycles. The Labute approximate surface area is 103 Å². The number of hydrogen-bond acceptors (Lipinski definition) is 5. The van der Waals surface area contributed by atoms with E-state index in [0.717, 1.165) is 11.3 Å². The quantitative estimate of drug-likeness (QED) is 0.713. The molecule has 2 rings (SSSR count). The first-order chi connectivity index (χ1) is 7.97. The number of carbonyl (C=O) groups is 1. The van der Waals surface area contributed by atoms with Crippen molar-refractivity contribution in [2.24, 2.45) is 0 Å². The van der Waals surface area contributed by atoms with Crippen molar-refractivity contribution in [3.05, 3.63) is 11.4 Å². The first-order valence-corrected chi connectivity index (χ1v) is 7.47. The fraction of sp³-hybridized carbons (Fsp3) is 0.444. The SMILES string of the molecule is Nc1csc(S(=O)(=O)NCC2CCC(=O)N2)c1. The molecule has 0 radical (unpaired) electrons. The number of anilines is 1. The zero-order valence-electron chi connectivity index (χ0n) is 8.97. The molecule has 0 spiro atoms. The van der Waals surface area contributed by atoms with Crippen LogP contribution < -0.4 is 15.8 Å². The number of thiophene rings is 1. The molecule has 1 unspecified atom stereocenters. The number of sulfonamides is 1. The van der Waals surface area contributed by atoms with Gasteiger partial charge in [0, 0.05) is 30.1 Å². The first-order valence-electron chi connectivity index (χ1n) is 5.10. The molecular weight excluding hydrogens is 262 g/mol. The summed E-state index contributed by atoms with van der Waals surface area (Å²) in [6.07, 6.45) is 1.12. The van der Waals surface area contributed by atoms with Gasteiger partial charge in [0.2, 0.25) is 15.9 Å². The Hall–Kier alpha value is -1.12. The van der Waals surface area contributed by atoms with Crippen LogP contribution >= 0.6 is 11.3 Å². The Morgan fingerprint density at radius 3 is 2.88 bits per heavy atom. The maximum atomic E-state index is 11.8. The predicted molar refractivity (Wildman–Crippen MR) is 65.1 cm³/mol. The highest BCUT2D eigenvalue weighted by Gasteiger charge is 2.23. The zero-order valence-corrected chi connectivity index (χ0v) is 10.6. The topological polar surface area (TPSA) is 101 Å². The number of amides is 1. The smallest absolute Gasteiger partial charge is 0.250 e. The largest absolute Gasteiger partial charge is 0.398 e. The van der Waals surface area contributed by atoms with E-state index in [4.69, 9.17) is 5.73 Å². The van der Waals surface area contributed by atoms with E-state index in [2.05, 4.69) is 10.0 Å². The Bertz CT molecular complexity index is 523. The Morgan fingerprint density at radius 1 is 1.59 bits per heavy atom. The summed E-state index contributed by atoms with van der Waals surface area (Å²) >= 11 is 1.08. The van der Waals surface area contributed by atoms with Crippen molar-refractivity contribution in [2.75, 3.05) is 12.3 Å². The lowest BCUT2D eigenvalue weighted by molar-refractivity contribution is -0.119. The van der Waals surface area contributed by atoms with Gasteiger partial charge in [-0.3, -0.25) is 4.79 Å². The molecule has 0 saturated carbocycles. The summed E-state index contributed by atoms with van der Waals surface area (Å²) in [7, 11) is -3.51. The zero-order chi connectivity index (χ0) is 12.5. The number of hydrogen-bond donors (Lipinski definition) is 3. The minimum Gasteiger partial charge on any atom is -0.398 e. The van der Waals surface area contributed by atoms with Crippen LogP contribution in [0, 0.1) is 0 Å². The van der Waals surface area contributed by atoms with Gasteiger partial charge < -0.3 is 11.1 Å². The molecule has 1 aromatic heterocycles. The van der Waals surface area contributed by atoms with Crippen LogP contribution in [-0.2, 0) is 14.8 Å². The van der Waals surface area contributed by atoms with Gasteiger partial charge in [-0.05, 0) is 12.5 Å². The van der Waals surface area contributed by atoms with E-state index in [1.807, 2.05) is 0 Å². The van der Waals surface area contributed by atoms with Crippen LogP contribution in [0.25, 0.3) is 0 Å². The molecule has 1 saturated heterocycles. The fourth-order valence-corrected chi connectivity index (χ4v) is 3.79. The molecule has 17 heavy (non-hydrogen) atoms. The maximum absolute atomic E-state index is 11.8. The second-order valence-electron chi connectivity index (χ2n) is 3.85. The third kappa shape index (κ3) is 2.96. The fourth-order valence-electron chi connectivity index (χ4n) is 1.58. The van der Waals surface area contributed by atoms with Crippen LogP contribution in [0.2, 0.25) is 0 Å². The molecule has 1 atom stereocenters. The predicted octanol–water partition coefficient (Wildman–Crippen LogP) is -0.113. The first kappa shape index (κ1) is 12.3. The molecule has 94 valence electrons. The monoisotopic (exact) mass is 275 g/mol. The van der Waals surface area contributed by atoms with Crippen molar-refractivity contribution >= 4 is 33.0 Å². The van der Waals surface area contributed by atoms with Gasteiger partial charge in [0.15, 0.2) is 0 Å². The molecule has 8 heteroatoms. The Kier molecular flexibility index (Phi) is 3.36. The standard InChI is InChI=1S/C9H13N3O3S2/c10-6-3-9(16-5-6)17(14,15)11-4-7-1-2-8(13)12-7/h3,5,7,11H,1-2,4,10H2,(H,12,13). The average molecular weight is 275 g/mol.